The Bertz CT molecular complexity index is 94.9. The van der Waals surface area contributed by atoms with Crippen molar-refractivity contribution in [2.45, 2.75) is 91.6 Å². The Morgan fingerprint density at radius 3 is 1.53 bits per heavy atom. The molecular weight excluding hydrogens is 210 g/mol. The minimum absolute atomic E-state index is 0.0971. The van der Waals surface area contributed by atoms with Crippen molar-refractivity contribution in [1.29, 1.82) is 0 Å². The van der Waals surface area contributed by atoms with Gasteiger partial charge in [0.05, 0.1) is 6.10 Å². The van der Waals surface area contributed by atoms with E-state index in [9.17, 15) is 0 Å². The maximum absolute atomic E-state index is 9.03. The molecule has 0 amide bonds. The Morgan fingerprint density at radius 2 is 1.18 bits per heavy atom. The quantitative estimate of drug-likeness (QED) is 0.589. The zero-order valence-corrected chi connectivity index (χ0v) is 13.0. The van der Waals surface area contributed by atoms with Crippen LogP contribution in [-0.2, 0) is 0 Å². The molecule has 1 atom stereocenters. The van der Waals surface area contributed by atoms with Gasteiger partial charge in [-0.15, -0.1) is 0 Å². The second-order valence-electron chi connectivity index (χ2n) is 4.11. The van der Waals surface area contributed by atoms with Crippen molar-refractivity contribution < 1.29 is 5.11 Å². The largest absolute Gasteiger partial charge is 0.393 e. The summed E-state index contributed by atoms with van der Waals surface area (Å²) in [4.78, 5) is 0. The molecule has 0 saturated heterocycles. The second-order valence-corrected chi connectivity index (χ2v) is 4.11. The molecule has 0 aromatic carbocycles. The Morgan fingerprint density at radius 1 is 0.824 bits per heavy atom. The van der Waals surface area contributed by atoms with E-state index in [2.05, 4.69) is 12.7 Å². The molecule has 2 nitrogen and oxygen atoms in total. The summed E-state index contributed by atoms with van der Waals surface area (Å²) in [7, 11) is 1.50. The molecule has 108 valence electrons. The molecule has 0 aromatic heterocycles. The molecule has 0 fully saturated rings. The van der Waals surface area contributed by atoms with Crippen LogP contribution in [0.15, 0.2) is 0 Å². The maximum Gasteiger partial charge on any atom is 0.0512 e. The first-order valence-corrected chi connectivity index (χ1v) is 7.53. The minimum atomic E-state index is -0.0971. The van der Waals surface area contributed by atoms with Crippen LogP contribution in [0.4, 0.5) is 0 Å². The normalized spacial score (nSPS) is 10.8. The van der Waals surface area contributed by atoms with Gasteiger partial charge in [-0.25, -0.2) is 0 Å². The van der Waals surface area contributed by atoms with Gasteiger partial charge < -0.3 is 10.8 Å². The van der Waals surface area contributed by atoms with Gasteiger partial charge in [0.15, 0.2) is 0 Å². The molecule has 0 heterocycles. The number of unbranched alkanes of at least 4 members (excludes halogenated alkanes) is 7. The molecule has 0 aliphatic rings. The van der Waals surface area contributed by atoms with Crippen molar-refractivity contribution in [1.82, 2.24) is 0 Å². The van der Waals surface area contributed by atoms with Crippen molar-refractivity contribution in [3.05, 3.63) is 0 Å². The van der Waals surface area contributed by atoms with Crippen LogP contribution < -0.4 is 5.73 Å². The van der Waals surface area contributed by atoms with E-state index in [-0.39, 0.29) is 6.10 Å². The van der Waals surface area contributed by atoms with Crippen LogP contribution in [0.25, 0.3) is 0 Å². The lowest BCUT2D eigenvalue weighted by Gasteiger charge is -2.03. The molecule has 0 aliphatic carbocycles. The van der Waals surface area contributed by atoms with E-state index >= 15 is 0 Å². The first kappa shape index (κ1) is 22.1. The Kier molecular flexibility index (Phi) is 32.5. The molecule has 0 aromatic rings. The van der Waals surface area contributed by atoms with Gasteiger partial charge in [-0.1, -0.05) is 72.1 Å². The summed E-state index contributed by atoms with van der Waals surface area (Å²) in [5.74, 6) is 0. The average Bonchev–Trinajstić information content (AvgIpc) is 2.37. The number of rotatable bonds is 9. The van der Waals surface area contributed by atoms with E-state index in [4.69, 9.17) is 5.11 Å². The van der Waals surface area contributed by atoms with Crippen LogP contribution in [-0.4, -0.2) is 18.3 Å². The van der Waals surface area contributed by atoms with Crippen molar-refractivity contribution in [3.8, 4) is 0 Å². The van der Waals surface area contributed by atoms with Crippen LogP contribution in [0.5, 0.6) is 0 Å². The van der Waals surface area contributed by atoms with Crippen LogP contribution in [0.1, 0.15) is 85.5 Å². The monoisotopic (exact) mass is 247 g/mol. The molecule has 0 rings (SSSR count). The minimum Gasteiger partial charge on any atom is -0.393 e. The topological polar surface area (TPSA) is 46.2 Å². The van der Waals surface area contributed by atoms with Gasteiger partial charge in [-0.2, -0.15) is 0 Å². The van der Waals surface area contributed by atoms with Gasteiger partial charge >= 0.3 is 0 Å². The molecule has 2 heteroatoms. The van der Waals surface area contributed by atoms with Crippen LogP contribution in [0, 0.1) is 0 Å². The Balaban J connectivity index is -0.000000439. The highest BCUT2D eigenvalue weighted by molar-refractivity contribution is 4.49. The molecule has 0 aliphatic heterocycles. The zero-order chi connectivity index (χ0) is 13.9. The summed E-state index contributed by atoms with van der Waals surface area (Å²) in [6.45, 7) is 8.13. The maximum atomic E-state index is 9.03. The van der Waals surface area contributed by atoms with Gasteiger partial charge in [-0.05, 0) is 20.4 Å². The summed E-state index contributed by atoms with van der Waals surface area (Å²) in [6, 6.07) is 0. The third-order valence-corrected chi connectivity index (χ3v) is 2.48. The first-order chi connectivity index (χ1) is 8.27. The third-order valence-electron chi connectivity index (χ3n) is 2.48. The van der Waals surface area contributed by atoms with Crippen LogP contribution in [0.2, 0.25) is 0 Å². The van der Waals surface area contributed by atoms with Crippen LogP contribution >= 0.6 is 0 Å². The van der Waals surface area contributed by atoms with Crippen molar-refractivity contribution in [2.24, 2.45) is 5.73 Å². The number of hydrogen-bond acceptors (Lipinski definition) is 2. The highest BCUT2D eigenvalue weighted by atomic mass is 16.3. The van der Waals surface area contributed by atoms with E-state index in [0.29, 0.717) is 0 Å². The van der Waals surface area contributed by atoms with E-state index < -0.39 is 0 Å². The summed E-state index contributed by atoms with van der Waals surface area (Å²) in [6.07, 6.45) is 11.7. The van der Waals surface area contributed by atoms with Crippen molar-refractivity contribution in [3.63, 3.8) is 0 Å². The fourth-order valence-electron chi connectivity index (χ4n) is 1.57. The predicted octanol–water partition coefficient (Wildman–Crippen LogP) is 4.50. The smallest absolute Gasteiger partial charge is 0.0512 e. The number of nitrogens with two attached hydrogens (primary N) is 1. The van der Waals surface area contributed by atoms with Crippen molar-refractivity contribution >= 4 is 0 Å². The number of aliphatic hydroxyl groups is 1. The molecule has 0 bridgehead atoms. The van der Waals surface area contributed by atoms with Gasteiger partial charge in [0.1, 0.15) is 0 Å². The average molecular weight is 247 g/mol. The third kappa shape index (κ3) is 31.3. The summed E-state index contributed by atoms with van der Waals surface area (Å²) in [5, 5.41) is 9.03. The van der Waals surface area contributed by atoms with Crippen LogP contribution in [0.3, 0.4) is 0 Å². The second kappa shape index (κ2) is 24.9. The lowest BCUT2D eigenvalue weighted by atomic mass is 10.1. The highest BCUT2D eigenvalue weighted by Gasteiger charge is 1.95. The Hall–Kier alpha value is -0.0800. The molecule has 0 spiro atoms. The molecular formula is C15H37NO. The van der Waals surface area contributed by atoms with E-state index in [0.717, 1.165) is 6.42 Å². The van der Waals surface area contributed by atoms with Gasteiger partial charge in [0.25, 0.3) is 0 Å². The summed E-state index contributed by atoms with van der Waals surface area (Å²) >= 11 is 0. The molecule has 0 radical (unpaired) electrons. The fraction of sp³-hybridized carbons (Fsp3) is 1.00. The van der Waals surface area contributed by atoms with Gasteiger partial charge in [-0.3, -0.25) is 0 Å². The first-order valence-electron chi connectivity index (χ1n) is 7.53. The van der Waals surface area contributed by atoms with Gasteiger partial charge in [0.2, 0.25) is 0 Å². The Labute approximate surface area is 110 Å². The van der Waals surface area contributed by atoms with Crippen molar-refractivity contribution in [2.75, 3.05) is 7.05 Å². The summed E-state index contributed by atoms with van der Waals surface area (Å²) in [5.41, 5.74) is 4.50. The standard InChI is InChI=1S/C12H26O.C2H6.CH5N/c1-3-4-5-6-7-8-9-10-11-12(2)13;2*1-2/h12-13H,3-11H2,1-2H3;1-2H3;2H2,1H3. The van der Waals surface area contributed by atoms with Gasteiger partial charge in [0, 0.05) is 0 Å². The highest BCUT2D eigenvalue weighted by Crippen LogP contribution is 2.10. The zero-order valence-electron chi connectivity index (χ0n) is 13.0. The molecule has 1 unspecified atom stereocenters. The van der Waals surface area contributed by atoms with E-state index in [1.54, 1.807) is 0 Å². The molecule has 3 N–H and O–H groups in total. The lowest BCUT2D eigenvalue weighted by molar-refractivity contribution is 0.180. The lowest BCUT2D eigenvalue weighted by Crippen LogP contribution is -1.98. The number of hydrogen-bond donors (Lipinski definition) is 2. The predicted molar refractivity (Wildman–Crippen MR) is 80.4 cm³/mol. The molecule has 0 saturated carbocycles. The van der Waals surface area contributed by atoms with E-state index in [1.807, 2.05) is 20.8 Å². The number of aliphatic hydroxyl groups excluding tert-OH is 1. The SMILES string of the molecule is CC.CCCCCCCCCCC(C)O.CN. The molecule has 17 heavy (non-hydrogen) atoms. The summed E-state index contributed by atoms with van der Waals surface area (Å²) < 4.78 is 0. The van der Waals surface area contributed by atoms with E-state index in [1.165, 1.54) is 58.4 Å². The fourth-order valence-corrected chi connectivity index (χ4v) is 1.57.